The quantitative estimate of drug-likeness (QED) is 0.715. The second-order valence-corrected chi connectivity index (χ2v) is 6.51. The zero-order chi connectivity index (χ0) is 17.2. The predicted molar refractivity (Wildman–Crippen MR) is 94.5 cm³/mol. The maximum absolute atomic E-state index is 13.2. The third-order valence-electron chi connectivity index (χ3n) is 4.36. The Morgan fingerprint density at radius 3 is 2.80 bits per heavy atom. The summed E-state index contributed by atoms with van der Waals surface area (Å²) in [6, 6.07) is 8.37. The Labute approximate surface area is 150 Å². The van der Waals surface area contributed by atoms with Crippen LogP contribution in [0.15, 0.2) is 48.9 Å². The van der Waals surface area contributed by atoms with Crippen molar-refractivity contribution in [3.05, 3.63) is 76.6 Å². The molecule has 1 aromatic carbocycles. The second kappa shape index (κ2) is 6.86. The number of aromatic nitrogens is 3. The first-order valence-electron chi connectivity index (χ1n) is 8.10. The van der Waals surface area contributed by atoms with Crippen LogP contribution in [0.1, 0.15) is 16.8 Å². The molecule has 1 aliphatic heterocycles. The minimum absolute atomic E-state index is 0.310. The molecular weight excluding hydrogens is 339 g/mol. The summed E-state index contributed by atoms with van der Waals surface area (Å²) in [5.74, 6) is 0.422. The summed E-state index contributed by atoms with van der Waals surface area (Å²) in [7, 11) is 0. The number of halogens is 2. The number of benzene rings is 1. The van der Waals surface area contributed by atoms with Gasteiger partial charge in [0.05, 0.1) is 5.69 Å². The number of nitrogens with zero attached hydrogens (tertiary/aromatic N) is 4. The van der Waals surface area contributed by atoms with Gasteiger partial charge in [-0.3, -0.25) is 9.88 Å². The molecule has 1 aliphatic rings. The zero-order valence-electron chi connectivity index (χ0n) is 13.5. The van der Waals surface area contributed by atoms with Crippen LogP contribution in [0.5, 0.6) is 0 Å². The summed E-state index contributed by atoms with van der Waals surface area (Å²) in [6.45, 7) is 2.33. The maximum Gasteiger partial charge on any atom is 0.159 e. The van der Waals surface area contributed by atoms with Crippen molar-refractivity contribution in [1.82, 2.24) is 19.9 Å². The predicted octanol–water partition coefficient (Wildman–Crippen LogP) is 3.89. The van der Waals surface area contributed by atoms with Crippen molar-refractivity contribution in [2.24, 2.45) is 0 Å². The second-order valence-electron chi connectivity index (χ2n) is 6.10. The van der Waals surface area contributed by atoms with Gasteiger partial charge in [-0.15, -0.1) is 0 Å². The Bertz CT molecular complexity index is 901. The summed E-state index contributed by atoms with van der Waals surface area (Å²) in [4.78, 5) is 15.5. The van der Waals surface area contributed by atoms with E-state index in [0.29, 0.717) is 11.6 Å². The highest BCUT2D eigenvalue weighted by Gasteiger charge is 2.19. The molecule has 0 radical (unpaired) electrons. The Kier molecular flexibility index (Phi) is 4.42. The van der Waals surface area contributed by atoms with Gasteiger partial charge in [0.25, 0.3) is 0 Å². The molecule has 0 saturated carbocycles. The van der Waals surface area contributed by atoms with Crippen LogP contribution in [0.2, 0.25) is 5.02 Å². The van der Waals surface area contributed by atoms with Crippen LogP contribution in [-0.4, -0.2) is 26.4 Å². The summed E-state index contributed by atoms with van der Waals surface area (Å²) in [5.41, 5.74) is 4.12. The fourth-order valence-electron chi connectivity index (χ4n) is 3.04. The van der Waals surface area contributed by atoms with E-state index in [9.17, 15) is 4.39 Å². The number of hydrogen-bond donors (Lipinski definition) is 0. The van der Waals surface area contributed by atoms with Crippen LogP contribution in [0, 0.1) is 5.82 Å². The highest BCUT2D eigenvalue weighted by atomic mass is 35.5. The lowest BCUT2D eigenvalue weighted by Crippen LogP contribution is -2.31. The fraction of sp³-hybridized carbons (Fsp3) is 0.211. The minimum atomic E-state index is -0.310. The Morgan fingerprint density at radius 1 is 1.16 bits per heavy atom. The molecule has 0 saturated heterocycles. The van der Waals surface area contributed by atoms with E-state index >= 15 is 0 Å². The number of fused-ring (bicyclic) bond motifs is 1. The Balaban J connectivity index is 1.52. The zero-order valence-corrected chi connectivity index (χ0v) is 14.2. The van der Waals surface area contributed by atoms with Crippen molar-refractivity contribution in [2.45, 2.75) is 19.5 Å². The molecule has 0 bridgehead atoms. The van der Waals surface area contributed by atoms with Crippen molar-refractivity contribution in [1.29, 1.82) is 0 Å². The molecule has 0 spiro atoms. The van der Waals surface area contributed by atoms with Crippen LogP contribution in [0.4, 0.5) is 4.39 Å². The topological polar surface area (TPSA) is 41.9 Å². The van der Waals surface area contributed by atoms with E-state index in [4.69, 9.17) is 16.6 Å². The summed E-state index contributed by atoms with van der Waals surface area (Å²) < 4.78 is 13.2. The molecule has 4 nitrogen and oxygen atoms in total. The molecule has 4 rings (SSSR count). The summed E-state index contributed by atoms with van der Waals surface area (Å²) in [5, 5.41) is 0.468. The van der Waals surface area contributed by atoms with Crippen LogP contribution in [-0.2, 0) is 19.5 Å². The average Bonchev–Trinajstić information content (AvgIpc) is 2.64. The van der Waals surface area contributed by atoms with Gasteiger partial charge in [-0.2, -0.15) is 0 Å². The molecular formula is C19H16ClFN4. The molecule has 6 heteroatoms. The number of rotatable bonds is 3. The lowest BCUT2D eigenvalue weighted by atomic mass is 10.1. The van der Waals surface area contributed by atoms with Crippen molar-refractivity contribution >= 4 is 11.6 Å². The van der Waals surface area contributed by atoms with Gasteiger partial charge in [0, 0.05) is 60.8 Å². The summed E-state index contributed by atoms with van der Waals surface area (Å²) in [6.07, 6.45) is 6.24. The van der Waals surface area contributed by atoms with Gasteiger partial charge in [-0.25, -0.2) is 14.4 Å². The van der Waals surface area contributed by atoms with E-state index in [1.165, 1.54) is 12.1 Å². The van der Waals surface area contributed by atoms with Gasteiger partial charge in [-0.05, 0) is 29.8 Å². The normalized spacial score (nSPS) is 14.3. The minimum Gasteiger partial charge on any atom is -0.294 e. The fourth-order valence-corrected chi connectivity index (χ4v) is 3.27. The largest absolute Gasteiger partial charge is 0.294 e. The average molecular weight is 355 g/mol. The van der Waals surface area contributed by atoms with Crippen LogP contribution < -0.4 is 0 Å². The first kappa shape index (κ1) is 16.1. The molecule has 25 heavy (non-hydrogen) atoms. The number of hydrogen-bond acceptors (Lipinski definition) is 4. The number of pyridine rings is 1. The van der Waals surface area contributed by atoms with E-state index < -0.39 is 0 Å². The van der Waals surface area contributed by atoms with Gasteiger partial charge in [-0.1, -0.05) is 17.7 Å². The molecule has 0 atom stereocenters. The molecule has 0 aliphatic carbocycles. The smallest absolute Gasteiger partial charge is 0.159 e. The first-order valence-corrected chi connectivity index (χ1v) is 8.48. The molecule has 3 heterocycles. The van der Waals surface area contributed by atoms with Gasteiger partial charge >= 0.3 is 0 Å². The molecule has 0 N–H and O–H groups in total. The SMILES string of the molecule is Fc1ccc(CN2CCc3nc(-c4ccncc4)ncc3C2)c(Cl)c1. The molecule has 0 amide bonds. The van der Waals surface area contributed by atoms with E-state index in [-0.39, 0.29) is 5.82 Å². The Hall–Kier alpha value is -2.37. The van der Waals surface area contributed by atoms with E-state index in [0.717, 1.165) is 47.7 Å². The van der Waals surface area contributed by atoms with Crippen LogP contribution >= 0.6 is 11.6 Å². The lowest BCUT2D eigenvalue weighted by molar-refractivity contribution is 0.243. The highest BCUT2D eigenvalue weighted by Crippen LogP contribution is 2.24. The maximum atomic E-state index is 13.2. The van der Waals surface area contributed by atoms with Crippen LogP contribution in [0.25, 0.3) is 11.4 Å². The van der Waals surface area contributed by atoms with E-state index in [1.54, 1.807) is 18.5 Å². The third-order valence-corrected chi connectivity index (χ3v) is 4.71. The molecule has 126 valence electrons. The van der Waals surface area contributed by atoms with Crippen molar-refractivity contribution in [3.8, 4) is 11.4 Å². The van der Waals surface area contributed by atoms with Gasteiger partial charge in [0.2, 0.25) is 0 Å². The van der Waals surface area contributed by atoms with E-state index in [2.05, 4.69) is 14.9 Å². The molecule has 3 aromatic rings. The van der Waals surface area contributed by atoms with Crippen molar-refractivity contribution < 1.29 is 4.39 Å². The molecule has 0 fully saturated rings. The first-order chi connectivity index (χ1) is 12.2. The molecule has 2 aromatic heterocycles. The highest BCUT2D eigenvalue weighted by molar-refractivity contribution is 6.31. The third kappa shape index (κ3) is 3.52. The van der Waals surface area contributed by atoms with Gasteiger partial charge < -0.3 is 0 Å². The molecule has 0 unspecified atom stereocenters. The van der Waals surface area contributed by atoms with Crippen molar-refractivity contribution in [2.75, 3.05) is 6.54 Å². The Morgan fingerprint density at radius 2 is 2.00 bits per heavy atom. The van der Waals surface area contributed by atoms with Gasteiger partial charge in [0.1, 0.15) is 5.82 Å². The lowest BCUT2D eigenvalue weighted by Gasteiger charge is -2.28. The van der Waals surface area contributed by atoms with Crippen molar-refractivity contribution in [3.63, 3.8) is 0 Å². The van der Waals surface area contributed by atoms with E-state index in [1.807, 2.05) is 18.3 Å². The standard InChI is InChI=1S/C19H16ClFN4/c20-17-9-16(21)2-1-14(17)11-25-8-5-18-15(12-25)10-23-19(24-18)13-3-6-22-7-4-13/h1-4,6-7,9-10H,5,8,11-12H2. The monoisotopic (exact) mass is 354 g/mol. The van der Waals surface area contributed by atoms with Crippen LogP contribution in [0.3, 0.4) is 0 Å². The van der Waals surface area contributed by atoms with Gasteiger partial charge in [0.15, 0.2) is 5.82 Å². The summed E-state index contributed by atoms with van der Waals surface area (Å²) >= 11 is 6.14.